The Morgan fingerprint density at radius 3 is 2.59 bits per heavy atom. The van der Waals surface area contributed by atoms with Crippen LogP contribution in [0.25, 0.3) is 11.3 Å². The quantitative estimate of drug-likeness (QED) is 0.528. The molecule has 2 aromatic heterocycles. The first-order chi connectivity index (χ1) is 16.5. The van der Waals surface area contributed by atoms with Crippen molar-refractivity contribution in [3.05, 3.63) is 53.6 Å². The Kier molecular flexibility index (Phi) is 6.52. The molecule has 0 saturated heterocycles. The summed E-state index contributed by atoms with van der Waals surface area (Å²) in [4.78, 5) is 9.80. The van der Waals surface area contributed by atoms with Gasteiger partial charge in [0.15, 0.2) is 0 Å². The largest absolute Gasteiger partial charge is 0.497 e. The third-order valence-corrected chi connectivity index (χ3v) is 7.06. The first-order valence-electron chi connectivity index (χ1n) is 12.2. The van der Waals surface area contributed by atoms with E-state index >= 15 is 0 Å². The predicted molar refractivity (Wildman–Crippen MR) is 131 cm³/mol. The van der Waals surface area contributed by atoms with Gasteiger partial charge in [0, 0.05) is 42.4 Å². The number of methoxy groups -OCH3 is 1. The molecular weight excluding hydrogens is 428 g/mol. The van der Waals surface area contributed by atoms with E-state index in [1.165, 1.54) is 18.5 Å². The van der Waals surface area contributed by atoms with E-state index in [0.717, 1.165) is 54.2 Å². The average Bonchev–Trinajstić information content (AvgIpc) is 3.60. The van der Waals surface area contributed by atoms with Crippen LogP contribution in [0.5, 0.6) is 11.6 Å². The molecule has 180 valence electrons. The van der Waals surface area contributed by atoms with Crippen molar-refractivity contribution < 1.29 is 9.47 Å². The SMILES string of the molecule is COc1ccc(COc2cc(-c3cnn(C)c3CC3CC3)nc(C3C[C@H](N)CC[C@H]3N)n2)cc1. The summed E-state index contributed by atoms with van der Waals surface area (Å²) in [6.07, 6.45) is 8.08. The lowest BCUT2D eigenvalue weighted by Crippen LogP contribution is -2.40. The van der Waals surface area contributed by atoms with Crippen molar-refractivity contribution in [3.8, 4) is 22.9 Å². The molecule has 2 fully saturated rings. The normalized spacial score (nSPS) is 22.5. The van der Waals surface area contributed by atoms with Crippen LogP contribution in [0.2, 0.25) is 0 Å². The molecule has 0 spiro atoms. The third kappa shape index (κ3) is 5.08. The molecule has 0 bridgehead atoms. The van der Waals surface area contributed by atoms with Crippen LogP contribution in [0.4, 0.5) is 0 Å². The van der Waals surface area contributed by atoms with Crippen molar-refractivity contribution in [2.75, 3.05) is 7.11 Å². The topological polar surface area (TPSA) is 114 Å². The van der Waals surface area contributed by atoms with Crippen LogP contribution in [0.3, 0.4) is 0 Å². The van der Waals surface area contributed by atoms with Gasteiger partial charge >= 0.3 is 0 Å². The second-order valence-electron chi connectivity index (χ2n) is 9.71. The highest BCUT2D eigenvalue weighted by atomic mass is 16.5. The Bertz CT molecular complexity index is 1120. The fraction of sp³-hybridized carbons (Fsp3) is 0.500. The van der Waals surface area contributed by atoms with Crippen molar-refractivity contribution >= 4 is 0 Å². The fourth-order valence-electron chi connectivity index (χ4n) is 4.74. The Hall–Kier alpha value is -2.97. The van der Waals surface area contributed by atoms with E-state index in [2.05, 4.69) is 5.10 Å². The van der Waals surface area contributed by atoms with Crippen LogP contribution in [0.15, 0.2) is 36.5 Å². The highest BCUT2D eigenvalue weighted by Gasteiger charge is 2.31. The molecule has 2 aliphatic carbocycles. The third-order valence-electron chi connectivity index (χ3n) is 7.06. The van der Waals surface area contributed by atoms with Gasteiger partial charge in [-0.25, -0.2) is 4.98 Å². The number of hydrogen-bond acceptors (Lipinski definition) is 7. The molecule has 3 aromatic rings. The maximum Gasteiger partial charge on any atom is 0.217 e. The molecule has 8 heteroatoms. The minimum Gasteiger partial charge on any atom is -0.497 e. The van der Waals surface area contributed by atoms with Crippen molar-refractivity contribution in [1.82, 2.24) is 19.7 Å². The molecule has 3 atom stereocenters. The van der Waals surface area contributed by atoms with E-state index in [-0.39, 0.29) is 18.0 Å². The molecule has 2 aliphatic rings. The zero-order chi connectivity index (χ0) is 23.7. The molecule has 1 unspecified atom stereocenters. The Labute approximate surface area is 200 Å². The number of nitrogens with zero attached hydrogens (tertiary/aromatic N) is 4. The molecule has 8 nitrogen and oxygen atoms in total. The molecule has 2 heterocycles. The first kappa shape index (κ1) is 22.8. The monoisotopic (exact) mass is 462 g/mol. The Morgan fingerprint density at radius 1 is 1.06 bits per heavy atom. The van der Waals surface area contributed by atoms with Crippen LogP contribution >= 0.6 is 0 Å². The van der Waals surface area contributed by atoms with Gasteiger partial charge in [-0.2, -0.15) is 10.1 Å². The average molecular weight is 463 g/mol. The number of hydrogen-bond donors (Lipinski definition) is 2. The predicted octanol–water partition coefficient (Wildman–Crippen LogP) is 3.34. The van der Waals surface area contributed by atoms with Gasteiger partial charge in [0.25, 0.3) is 0 Å². The van der Waals surface area contributed by atoms with Crippen LogP contribution < -0.4 is 20.9 Å². The number of rotatable bonds is 8. The van der Waals surface area contributed by atoms with Gasteiger partial charge in [-0.05, 0) is 62.1 Å². The summed E-state index contributed by atoms with van der Waals surface area (Å²) >= 11 is 0. The number of aromatic nitrogens is 4. The van der Waals surface area contributed by atoms with Gasteiger partial charge < -0.3 is 20.9 Å². The van der Waals surface area contributed by atoms with Crippen molar-refractivity contribution in [1.29, 1.82) is 0 Å². The maximum atomic E-state index is 6.51. The number of benzene rings is 1. The summed E-state index contributed by atoms with van der Waals surface area (Å²) in [5, 5.41) is 4.54. The van der Waals surface area contributed by atoms with Gasteiger partial charge in [0.2, 0.25) is 5.88 Å². The smallest absolute Gasteiger partial charge is 0.217 e. The molecule has 5 rings (SSSR count). The minimum absolute atomic E-state index is 0.00981. The molecule has 34 heavy (non-hydrogen) atoms. The molecule has 0 amide bonds. The van der Waals surface area contributed by atoms with E-state index in [0.29, 0.717) is 18.3 Å². The Balaban J connectivity index is 1.47. The van der Waals surface area contributed by atoms with E-state index in [4.69, 9.17) is 30.9 Å². The molecule has 2 saturated carbocycles. The molecule has 4 N–H and O–H groups in total. The second-order valence-corrected chi connectivity index (χ2v) is 9.71. The molecular formula is C26H34N6O2. The lowest BCUT2D eigenvalue weighted by atomic mass is 9.82. The zero-order valence-corrected chi connectivity index (χ0v) is 20.0. The van der Waals surface area contributed by atoms with Gasteiger partial charge in [-0.1, -0.05) is 12.1 Å². The summed E-state index contributed by atoms with van der Waals surface area (Å²) in [5.74, 6) is 2.83. The van der Waals surface area contributed by atoms with Crippen LogP contribution in [-0.2, 0) is 20.1 Å². The standard InChI is InChI=1S/C26H34N6O2/c1-32-24(11-16-3-4-16)21(14-29-32)23-13-25(34-15-17-5-8-19(33-2)9-6-17)31-26(30-23)20-12-18(27)7-10-22(20)28/h5-6,8-9,13-14,16,18,20,22H,3-4,7,10-12,15,27-28H2,1-2H3/t18-,20?,22-/m1/s1. The molecule has 0 radical (unpaired) electrons. The van der Waals surface area contributed by atoms with Gasteiger partial charge in [-0.3, -0.25) is 4.68 Å². The van der Waals surface area contributed by atoms with Crippen molar-refractivity contribution in [3.63, 3.8) is 0 Å². The second kappa shape index (κ2) is 9.72. The van der Waals surface area contributed by atoms with Crippen LogP contribution in [0, 0.1) is 5.92 Å². The molecule has 1 aromatic carbocycles. The van der Waals surface area contributed by atoms with Gasteiger partial charge in [0.05, 0.1) is 19.0 Å². The van der Waals surface area contributed by atoms with Gasteiger partial charge in [-0.15, -0.1) is 0 Å². The summed E-state index contributed by atoms with van der Waals surface area (Å²) < 4.78 is 13.4. The van der Waals surface area contributed by atoms with E-state index in [1.807, 2.05) is 48.3 Å². The van der Waals surface area contributed by atoms with Crippen LogP contribution in [0.1, 0.15) is 55.1 Å². The molecule has 0 aliphatic heterocycles. The van der Waals surface area contributed by atoms with Gasteiger partial charge in [0.1, 0.15) is 18.2 Å². The zero-order valence-electron chi connectivity index (χ0n) is 20.0. The lowest BCUT2D eigenvalue weighted by Gasteiger charge is -2.31. The highest BCUT2D eigenvalue weighted by Crippen LogP contribution is 2.37. The van der Waals surface area contributed by atoms with Crippen molar-refractivity contribution in [2.24, 2.45) is 24.4 Å². The van der Waals surface area contributed by atoms with Crippen molar-refractivity contribution in [2.45, 2.75) is 63.1 Å². The van der Waals surface area contributed by atoms with E-state index in [9.17, 15) is 0 Å². The highest BCUT2D eigenvalue weighted by molar-refractivity contribution is 5.62. The number of nitrogens with two attached hydrogens (primary N) is 2. The summed E-state index contributed by atoms with van der Waals surface area (Å²) in [5.41, 5.74) is 16.9. The fourth-order valence-corrected chi connectivity index (χ4v) is 4.74. The summed E-state index contributed by atoms with van der Waals surface area (Å²) in [6, 6.07) is 9.87. The summed E-state index contributed by atoms with van der Waals surface area (Å²) in [7, 11) is 3.66. The number of aryl methyl sites for hydroxylation is 1. The first-order valence-corrected chi connectivity index (χ1v) is 12.2. The lowest BCUT2D eigenvalue weighted by molar-refractivity contribution is 0.286. The van der Waals surface area contributed by atoms with E-state index < -0.39 is 0 Å². The Morgan fingerprint density at radius 2 is 1.85 bits per heavy atom. The maximum absolute atomic E-state index is 6.51. The van der Waals surface area contributed by atoms with E-state index in [1.54, 1.807) is 7.11 Å². The minimum atomic E-state index is -0.00989. The number of ether oxygens (including phenoxy) is 2. The van der Waals surface area contributed by atoms with Crippen LogP contribution in [-0.4, -0.2) is 38.9 Å². The summed E-state index contributed by atoms with van der Waals surface area (Å²) in [6.45, 7) is 0.401.